The van der Waals surface area contributed by atoms with Gasteiger partial charge in [0.25, 0.3) is 0 Å². The number of β-lactam (4-membered cyclic amide) rings is 1. The Labute approximate surface area is 127 Å². The van der Waals surface area contributed by atoms with Gasteiger partial charge in [0.1, 0.15) is 24.1 Å². The standard InChI is InChI=1S/C15H18N2O3S/c1-15(2)11(17-12(18)10(16)13(17)21-15)14(19)20-8-9-6-4-3-5-7-9/h3-7,10-11,13H,8,16H2,1-2H3/t10-,11-,13+/m0/s1. The molecule has 0 saturated carbocycles. The molecule has 0 aliphatic carbocycles. The molecule has 1 amide bonds. The highest BCUT2D eigenvalue weighted by Gasteiger charge is 2.63. The van der Waals surface area contributed by atoms with Gasteiger partial charge in [-0.05, 0) is 19.4 Å². The number of hydrogen-bond donors (Lipinski definition) is 1. The molecule has 0 aromatic heterocycles. The number of rotatable bonds is 3. The summed E-state index contributed by atoms with van der Waals surface area (Å²) in [6.07, 6.45) is 0. The average Bonchev–Trinajstić information content (AvgIpc) is 2.74. The molecular weight excluding hydrogens is 288 g/mol. The normalized spacial score (nSPS) is 29.8. The Morgan fingerprint density at radius 3 is 2.71 bits per heavy atom. The van der Waals surface area contributed by atoms with Crippen molar-refractivity contribution in [2.45, 2.75) is 42.7 Å². The van der Waals surface area contributed by atoms with Crippen LogP contribution in [-0.4, -0.2) is 39.0 Å². The van der Waals surface area contributed by atoms with Gasteiger partial charge < -0.3 is 15.4 Å². The molecule has 0 unspecified atom stereocenters. The van der Waals surface area contributed by atoms with E-state index >= 15 is 0 Å². The van der Waals surface area contributed by atoms with Crippen molar-refractivity contribution in [3.05, 3.63) is 35.9 Å². The first kappa shape index (κ1) is 14.4. The van der Waals surface area contributed by atoms with Gasteiger partial charge >= 0.3 is 5.97 Å². The van der Waals surface area contributed by atoms with Crippen LogP contribution in [0.25, 0.3) is 0 Å². The zero-order valence-electron chi connectivity index (χ0n) is 12.0. The summed E-state index contributed by atoms with van der Waals surface area (Å²) in [7, 11) is 0. The second-order valence-corrected chi connectivity index (χ2v) is 7.65. The van der Waals surface area contributed by atoms with Gasteiger partial charge in [-0.1, -0.05) is 30.3 Å². The van der Waals surface area contributed by atoms with E-state index in [0.29, 0.717) is 0 Å². The van der Waals surface area contributed by atoms with Crippen molar-refractivity contribution >= 4 is 23.6 Å². The highest BCUT2D eigenvalue weighted by molar-refractivity contribution is 8.01. The SMILES string of the molecule is CC1(C)S[C@@H]2[C@@H](N)C(=O)N2[C@H]1C(=O)OCc1ccccc1. The molecule has 3 atom stereocenters. The molecule has 2 aliphatic rings. The lowest BCUT2D eigenvalue weighted by atomic mass is 9.96. The molecule has 5 nitrogen and oxygen atoms in total. The van der Waals surface area contributed by atoms with E-state index in [1.807, 2.05) is 44.2 Å². The van der Waals surface area contributed by atoms with Gasteiger partial charge in [-0.25, -0.2) is 4.79 Å². The molecule has 3 rings (SSSR count). The molecule has 2 fully saturated rings. The molecule has 2 aliphatic heterocycles. The fourth-order valence-corrected chi connectivity index (χ4v) is 4.39. The minimum atomic E-state index is -0.566. The van der Waals surface area contributed by atoms with E-state index in [-0.39, 0.29) is 28.6 Å². The molecule has 112 valence electrons. The van der Waals surface area contributed by atoms with Crippen LogP contribution in [0.1, 0.15) is 19.4 Å². The maximum atomic E-state index is 12.4. The number of amides is 1. The molecule has 0 bridgehead atoms. The van der Waals surface area contributed by atoms with Gasteiger partial charge in [-0.2, -0.15) is 0 Å². The van der Waals surface area contributed by atoms with Crippen molar-refractivity contribution in [2.75, 3.05) is 0 Å². The first-order valence-electron chi connectivity index (χ1n) is 6.88. The van der Waals surface area contributed by atoms with Crippen LogP contribution in [0.3, 0.4) is 0 Å². The largest absolute Gasteiger partial charge is 0.459 e. The first-order chi connectivity index (χ1) is 9.92. The maximum absolute atomic E-state index is 12.4. The Bertz CT molecular complexity index is 576. The number of nitrogens with two attached hydrogens (primary N) is 1. The molecule has 1 aromatic carbocycles. The molecule has 1 aromatic rings. The van der Waals surface area contributed by atoms with Crippen LogP contribution in [0, 0.1) is 0 Å². The second kappa shape index (κ2) is 5.03. The number of carbonyl (C=O) groups is 2. The topological polar surface area (TPSA) is 72.6 Å². The van der Waals surface area contributed by atoms with Crippen molar-refractivity contribution in [1.82, 2.24) is 4.90 Å². The van der Waals surface area contributed by atoms with E-state index in [9.17, 15) is 9.59 Å². The molecule has 2 N–H and O–H groups in total. The number of hydrogen-bond acceptors (Lipinski definition) is 5. The van der Waals surface area contributed by atoms with Gasteiger partial charge in [0.15, 0.2) is 0 Å². The number of carbonyl (C=O) groups excluding carboxylic acids is 2. The smallest absolute Gasteiger partial charge is 0.330 e. The van der Waals surface area contributed by atoms with E-state index < -0.39 is 12.1 Å². The number of nitrogens with zero attached hydrogens (tertiary/aromatic N) is 1. The minimum Gasteiger partial charge on any atom is -0.459 e. The van der Waals surface area contributed by atoms with E-state index in [4.69, 9.17) is 10.5 Å². The number of benzene rings is 1. The summed E-state index contributed by atoms with van der Waals surface area (Å²) in [5.74, 6) is -0.529. The maximum Gasteiger partial charge on any atom is 0.330 e. The quantitative estimate of drug-likeness (QED) is 0.669. The zero-order chi connectivity index (χ0) is 15.2. The lowest BCUT2D eigenvalue weighted by Gasteiger charge is -2.41. The van der Waals surface area contributed by atoms with Crippen molar-refractivity contribution < 1.29 is 14.3 Å². The Morgan fingerprint density at radius 2 is 2.05 bits per heavy atom. The summed E-state index contributed by atoms with van der Waals surface area (Å²) in [5, 5.41) is -0.109. The summed E-state index contributed by atoms with van der Waals surface area (Å²) >= 11 is 1.57. The van der Waals surface area contributed by atoms with Crippen molar-refractivity contribution in [2.24, 2.45) is 5.73 Å². The van der Waals surface area contributed by atoms with Crippen LogP contribution in [0.5, 0.6) is 0 Å². The van der Waals surface area contributed by atoms with Crippen LogP contribution in [0.4, 0.5) is 0 Å². The molecule has 2 heterocycles. The number of esters is 1. The zero-order valence-corrected chi connectivity index (χ0v) is 12.8. The Kier molecular flexibility index (Phi) is 3.45. The minimum absolute atomic E-state index is 0.109. The predicted octanol–water partition coefficient (Wildman–Crippen LogP) is 1.12. The molecular formula is C15H18N2O3S. The van der Waals surface area contributed by atoms with Crippen molar-refractivity contribution in [3.8, 4) is 0 Å². The number of fused-ring (bicyclic) bond motifs is 1. The second-order valence-electron chi connectivity index (χ2n) is 5.88. The van der Waals surface area contributed by atoms with Gasteiger partial charge in [-0.15, -0.1) is 11.8 Å². The molecule has 0 spiro atoms. The predicted molar refractivity (Wildman–Crippen MR) is 80.3 cm³/mol. The average molecular weight is 306 g/mol. The van der Waals surface area contributed by atoms with Crippen LogP contribution < -0.4 is 5.73 Å². The molecule has 21 heavy (non-hydrogen) atoms. The fourth-order valence-electron chi connectivity index (χ4n) is 2.83. The summed E-state index contributed by atoms with van der Waals surface area (Å²) in [6.45, 7) is 4.12. The van der Waals surface area contributed by atoms with Crippen LogP contribution in [0.15, 0.2) is 30.3 Å². The highest BCUT2D eigenvalue weighted by atomic mass is 32.2. The third-order valence-electron chi connectivity index (χ3n) is 3.93. The Hall–Kier alpha value is -1.53. The highest BCUT2D eigenvalue weighted by Crippen LogP contribution is 2.50. The Morgan fingerprint density at radius 1 is 1.38 bits per heavy atom. The molecule has 2 saturated heterocycles. The third-order valence-corrected chi connectivity index (χ3v) is 5.52. The van der Waals surface area contributed by atoms with E-state index in [1.54, 1.807) is 16.7 Å². The van der Waals surface area contributed by atoms with Crippen LogP contribution >= 0.6 is 11.8 Å². The summed E-state index contributed by atoms with van der Waals surface area (Å²) in [5.41, 5.74) is 6.72. The fraction of sp³-hybridized carbons (Fsp3) is 0.467. The summed E-state index contributed by atoms with van der Waals surface area (Å²) < 4.78 is 5.01. The number of thioether (sulfide) groups is 1. The first-order valence-corrected chi connectivity index (χ1v) is 7.76. The lowest BCUT2D eigenvalue weighted by Crippen LogP contribution is -2.68. The Balaban J connectivity index is 1.70. The van der Waals surface area contributed by atoms with E-state index in [0.717, 1.165) is 5.56 Å². The molecule has 6 heteroatoms. The van der Waals surface area contributed by atoms with Crippen molar-refractivity contribution in [3.63, 3.8) is 0 Å². The monoisotopic (exact) mass is 306 g/mol. The van der Waals surface area contributed by atoms with Crippen molar-refractivity contribution in [1.29, 1.82) is 0 Å². The van der Waals surface area contributed by atoms with Gasteiger partial charge in [-0.3, -0.25) is 4.79 Å². The third kappa shape index (κ3) is 2.32. The van der Waals surface area contributed by atoms with Crippen LogP contribution in [-0.2, 0) is 20.9 Å². The lowest BCUT2D eigenvalue weighted by molar-refractivity contribution is -0.163. The summed E-state index contributed by atoms with van der Waals surface area (Å²) in [4.78, 5) is 25.9. The molecule has 0 radical (unpaired) electrons. The number of ether oxygens (including phenoxy) is 1. The van der Waals surface area contributed by atoms with Gasteiger partial charge in [0.05, 0.1) is 0 Å². The summed E-state index contributed by atoms with van der Waals surface area (Å²) in [6, 6.07) is 8.43. The van der Waals surface area contributed by atoms with E-state index in [2.05, 4.69) is 0 Å². The van der Waals surface area contributed by atoms with E-state index in [1.165, 1.54) is 0 Å². The van der Waals surface area contributed by atoms with Gasteiger partial charge in [0.2, 0.25) is 5.91 Å². The van der Waals surface area contributed by atoms with Gasteiger partial charge in [0, 0.05) is 4.75 Å². The van der Waals surface area contributed by atoms with Crippen LogP contribution in [0.2, 0.25) is 0 Å².